The molecule has 0 heterocycles. The molecule has 1 atom stereocenters. The molecule has 0 aromatic heterocycles. The van der Waals surface area contributed by atoms with Crippen molar-refractivity contribution in [1.29, 1.82) is 0 Å². The number of benzene rings is 1. The van der Waals surface area contributed by atoms with E-state index in [0.717, 1.165) is 5.56 Å². The molecule has 96 valence electrons. The van der Waals surface area contributed by atoms with Crippen LogP contribution in [0.2, 0.25) is 10.0 Å². The first kappa shape index (κ1) is 15.4. The van der Waals surface area contributed by atoms with E-state index in [1.807, 2.05) is 6.92 Å². The Morgan fingerprint density at radius 2 is 1.71 bits per heavy atom. The summed E-state index contributed by atoms with van der Waals surface area (Å²) in [5.74, 6) is -0.245. The minimum Gasteiger partial charge on any atom is -0.396 e. The molecular formula is C12H14Cl4O. The predicted molar refractivity (Wildman–Crippen MR) is 75.5 cm³/mol. The molecule has 0 radical (unpaired) electrons. The fourth-order valence-electron chi connectivity index (χ4n) is 1.65. The average Bonchev–Trinajstić information content (AvgIpc) is 2.24. The van der Waals surface area contributed by atoms with Crippen LogP contribution in [-0.2, 0) is 6.42 Å². The topological polar surface area (TPSA) is 20.2 Å². The summed E-state index contributed by atoms with van der Waals surface area (Å²) in [5, 5.41) is 10.5. The first-order valence-corrected chi connectivity index (χ1v) is 6.84. The van der Waals surface area contributed by atoms with Crippen LogP contribution in [0.3, 0.4) is 0 Å². The van der Waals surface area contributed by atoms with E-state index in [-0.39, 0.29) is 12.5 Å². The highest BCUT2D eigenvalue weighted by Gasteiger charge is 2.32. The lowest BCUT2D eigenvalue weighted by molar-refractivity contribution is 0.210. The van der Waals surface area contributed by atoms with E-state index in [1.54, 1.807) is 18.2 Å². The van der Waals surface area contributed by atoms with Gasteiger partial charge in [0, 0.05) is 22.6 Å². The summed E-state index contributed by atoms with van der Waals surface area (Å²) in [6, 6.07) is 5.26. The van der Waals surface area contributed by atoms with E-state index in [1.165, 1.54) is 0 Å². The van der Waals surface area contributed by atoms with Crippen molar-refractivity contribution in [1.82, 2.24) is 0 Å². The molecule has 0 amide bonds. The van der Waals surface area contributed by atoms with Gasteiger partial charge in [-0.1, -0.05) is 30.1 Å². The molecule has 1 rings (SSSR count). The first-order chi connectivity index (χ1) is 7.89. The summed E-state index contributed by atoms with van der Waals surface area (Å²) in [6.07, 6.45) is 1.10. The Bertz CT molecular complexity index is 359. The van der Waals surface area contributed by atoms with Crippen LogP contribution in [0.15, 0.2) is 18.2 Å². The molecule has 0 aliphatic carbocycles. The van der Waals surface area contributed by atoms with Gasteiger partial charge < -0.3 is 5.11 Å². The second kappa shape index (κ2) is 6.49. The molecule has 1 unspecified atom stereocenters. The highest BCUT2D eigenvalue weighted by molar-refractivity contribution is 6.48. The molecule has 1 aromatic carbocycles. The third kappa shape index (κ3) is 4.50. The molecule has 5 heteroatoms. The summed E-state index contributed by atoms with van der Waals surface area (Å²) < 4.78 is -0.941. The summed E-state index contributed by atoms with van der Waals surface area (Å²) >= 11 is 24.1. The fraction of sp³-hybridized carbons (Fsp3) is 0.500. The van der Waals surface area contributed by atoms with E-state index >= 15 is 0 Å². The van der Waals surface area contributed by atoms with Gasteiger partial charge in [-0.25, -0.2) is 0 Å². The second-order valence-corrected chi connectivity index (χ2v) is 6.39. The van der Waals surface area contributed by atoms with Crippen LogP contribution in [0.25, 0.3) is 0 Å². The molecule has 1 aromatic rings. The molecule has 0 spiro atoms. The summed E-state index contributed by atoms with van der Waals surface area (Å²) in [5.41, 5.74) is 0.917. The Morgan fingerprint density at radius 1 is 1.18 bits per heavy atom. The van der Waals surface area contributed by atoms with E-state index < -0.39 is 4.33 Å². The predicted octanol–water partition coefficient (Wildman–Crippen LogP) is 4.73. The van der Waals surface area contributed by atoms with Gasteiger partial charge in [-0.05, 0) is 36.6 Å². The zero-order valence-corrected chi connectivity index (χ0v) is 12.4. The van der Waals surface area contributed by atoms with Gasteiger partial charge in [-0.3, -0.25) is 0 Å². The Morgan fingerprint density at radius 3 is 2.12 bits per heavy atom. The maximum Gasteiger partial charge on any atom is 0.123 e. The first-order valence-electron chi connectivity index (χ1n) is 5.32. The van der Waals surface area contributed by atoms with Gasteiger partial charge in [0.25, 0.3) is 0 Å². The molecule has 0 bridgehead atoms. The van der Waals surface area contributed by atoms with Gasteiger partial charge in [0.15, 0.2) is 0 Å². The second-order valence-electron chi connectivity index (χ2n) is 3.98. The van der Waals surface area contributed by atoms with E-state index in [4.69, 9.17) is 46.4 Å². The molecule has 0 aliphatic heterocycles. The number of aliphatic hydroxyl groups excluding tert-OH is 1. The Kier molecular flexibility index (Phi) is 5.88. The molecule has 0 fully saturated rings. The largest absolute Gasteiger partial charge is 0.396 e. The summed E-state index contributed by atoms with van der Waals surface area (Å²) in [6.45, 7) is 1.80. The van der Waals surface area contributed by atoms with Crippen LogP contribution in [0, 0.1) is 5.92 Å². The third-order valence-corrected chi connectivity index (χ3v) is 4.28. The lowest BCUT2D eigenvalue weighted by atomic mass is 9.95. The van der Waals surface area contributed by atoms with E-state index in [9.17, 15) is 5.11 Å². The number of hydrogen-bond donors (Lipinski definition) is 1. The van der Waals surface area contributed by atoms with Crippen LogP contribution >= 0.6 is 46.4 Å². The van der Waals surface area contributed by atoms with Crippen molar-refractivity contribution in [2.75, 3.05) is 6.61 Å². The summed E-state index contributed by atoms with van der Waals surface area (Å²) in [7, 11) is 0. The maximum atomic E-state index is 9.36. The van der Waals surface area contributed by atoms with Crippen molar-refractivity contribution in [3.63, 3.8) is 0 Å². The molecular weight excluding hydrogens is 302 g/mol. The van der Waals surface area contributed by atoms with Crippen molar-refractivity contribution < 1.29 is 5.11 Å². The minimum atomic E-state index is -0.941. The van der Waals surface area contributed by atoms with Gasteiger partial charge in [0.2, 0.25) is 0 Å². The quantitative estimate of drug-likeness (QED) is 0.779. The zero-order valence-electron chi connectivity index (χ0n) is 9.39. The van der Waals surface area contributed by atoms with E-state index in [0.29, 0.717) is 22.9 Å². The monoisotopic (exact) mass is 314 g/mol. The number of rotatable bonds is 5. The maximum absolute atomic E-state index is 9.36. The Balaban J connectivity index is 2.88. The van der Waals surface area contributed by atoms with Gasteiger partial charge in [0.1, 0.15) is 4.33 Å². The third-order valence-electron chi connectivity index (χ3n) is 2.69. The highest BCUT2D eigenvalue weighted by Crippen LogP contribution is 2.36. The number of alkyl halides is 2. The SMILES string of the molecule is CCC(Cl)(Cl)C(CO)Cc1cc(Cl)cc(Cl)c1. The van der Waals surface area contributed by atoms with Gasteiger partial charge in [0.05, 0.1) is 0 Å². The van der Waals surface area contributed by atoms with Crippen LogP contribution in [0.4, 0.5) is 0 Å². The van der Waals surface area contributed by atoms with E-state index in [2.05, 4.69) is 0 Å². The van der Waals surface area contributed by atoms with Gasteiger partial charge in [-0.15, -0.1) is 23.2 Å². The fourth-order valence-corrected chi connectivity index (χ4v) is 2.51. The van der Waals surface area contributed by atoms with Crippen LogP contribution in [-0.4, -0.2) is 16.0 Å². The van der Waals surface area contributed by atoms with Crippen molar-refractivity contribution in [2.24, 2.45) is 5.92 Å². The molecule has 1 nitrogen and oxygen atoms in total. The van der Waals surface area contributed by atoms with Crippen molar-refractivity contribution in [3.05, 3.63) is 33.8 Å². The minimum absolute atomic E-state index is 0.0784. The van der Waals surface area contributed by atoms with Crippen molar-refractivity contribution in [3.8, 4) is 0 Å². The van der Waals surface area contributed by atoms with Gasteiger partial charge >= 0.3 is 0 Å². The molecule has 0 aliphatic rings. The smallest absolute Gasteiger partial charge is 0.123 e. The Hall–Kier alpha value is 0.340. The highest BCUT2D eigenvalue weighted by atomic mass is 35.5. The standard InChI is InChI=1S/C12H14Cl4O/c1-2-12(15,16)9(7-17)3-8-4-10(13)6-11(14)5-8/h4-6,9,17H,2-3,7H2,1H3. The van der Waals surface area contributed by atoms with Crippen LogP contribution in [0.1, 0.15) is 18.9 Å². The van der Waals surface area contributed by atoms with Crippen molar-refractivity contribution >= 4 is 46.4 Å². The van der Waals surface area contributed by atoms with Gasteiger partial charge in [-0.2, -0.15) is 0 Å². The Labute approximate surface area is 122 Å². The normalized spacial score (nSPS) is 13.8. The number of halogens is 4. The average molecular weight is 316 g/mol. The number of aliphatic hydroxyl groups is 1. The van der Waals surface area contributed by atoms with Crippen LogP contribution < -0.4 is 0 Å². The summed E-state index contributed by atoms with van der Waals surface area (Å²) in [4.78, 5) is 0. The molecule has 17 heavy (non-hydrogen) atoms. The van der Waals surface area contributed by atoms with Crippen LogP contribution in [0.5, 0.6) is 0 Å². The molecule has 0 saturated heterocycles. The molecule has 1 N–H and O–H groups in total. The lowest BCUT2D eigenvalue weighted by Crippen LogP contribution is -2.30. The van der Waals surface area contributed by atoms with Crippen molar-refractivity contribution in [2.45, 2.75) is 24.1 Å². The molecule has 0 saturated carbocycles. The lowest BCUT2D eigenvalue weighted by Gasteiger charge is -2.27. The zero-order chi connectivity index (χ0) is 13.1. The number of hydrogen-bond acceptors (Lipinski definition) is 1.